The Balaban J connectivity index is 1.53. The number of hydrogen-bond acceptors (Lipinski definition) is 0. The number of hydrogen-bond donors (Lipinski definition) is 0. The quantitative estimate of drug-likeness (QED) is 0.485. The minimum atomic E-state index is -0.0509. The SMILES string of the molecule is CC=CCCc1cc(F)c2cc(C3CCC4CC(C)CCC4C3)ccc2c1. The van der Waals surface area contributed by atoms with Crippen LogP contribution in [-0.4, -0.2) is 0 Å². The molecule has 0 amide bonds. The van der Waals surface area contributed by atoms with E-state index in [0.717, 1.165) is 46.9 Å². The maximum absolute atomic E-state index is 14.8. The van der Waals surface area contributed by atoms with Crippen molar-refractivity contribution in [2.24, 2.45) is 17.8 Å². The maximum Gasteiger partial charge on any atom is 0.131 e. The average molecular weight is 365 g/mol. The molecule has 27 heavy (non-hydrogen) atoms. The molecule has 144 valence electrons. The van der Waals surface area contributed by atoms with Gasteiger partial charge in [0.05, 0.1) is 0 Å². The van der Waals surface area contributed by atoms with E-state index in [1.54, 1.807) is 6.07 Å². The summed E-state index contributed by atoms with van der Waals surface area (Å²) in [4.78, 5) is 0. The maximum atomic E-state index is 14.8. The first-order chi connectivity index (χ1) is 13.1. The van der Waals surface area contributed by atoms with Gasteiger partial charge < -0.3 is 0 Å². The van der Waals surface area contributed by atoms with Crippen LogP contribution in [0.4, 0.5) is 4.39 Å². The van der Waals surface area contributed by atoms with Gasteiger partial charge >= 0.3 is 0 Å². The standard InChI is InChI=1S/C26H33F/c1-3-4-5-6-19-14-24-12-11-23(17-25(24)26(27)15-19)22-10-9-20-13-18(2)7-8-21(20)16-22/h3-4,11-12,14-15,17-18,20-22H,5-10,13,16H2,1-2H3. The molecule has 0 radical (unpaired) electrons. The molecular weight excluding hydrogens is 331 g/mol. The molecule has 0 aromatic heterocycles. The number of rotatable bonds is 4. The van der Waals surface area contributed by atoms with Crippen LogP contribution in [0.3, 0.4) is 0 Å². The second-order valence-corrected chi connectivity index (χ2v) is 9.11. The zero-order valence-electron chi connectivity index (χ0n) is 16.9. The second-order valence-electron chi connectivity index (χ2n) is 9.11. The molecule has 4 atom stereocenters. The first kappa shape index (κ1) is 18.7. The summed E-state index contributed by atoms with van der Waals surface area (Å²) in [5.41, 5.74) is 2.46. The number of fused-ring (bicyclic) bond motifs is 2. The molecule has 2 aliphatic rings. The predicted octanol–water partition coefficient (Wildman–Crippen LogP) is 7.81. The fraction of sp³-hybridized carbons (Fsp3) is 0.538. The van der Waals surface area contributed by atoms with E-state index in [1.165, 1.54) is 44.1 Å². The highest BCUT2D eigenvalue weighted by atomic mass is 19.1. The van der Waals surface area contributed by atoms with E-state index in [1.807, 2.05) is 6.92 Å². The van der Waals surface area contributed by atoms with Gasteiger partial charge in [-0.15, -0.1) is 0 Å². The van der Waals surface area contributed by atoms with Crippen molar-refractivity contribution in [3.05, 3.63) is 59.4 Å². The van der Waals surface area contributed by atoms with Crippen LogP contribution in [-0.2, 0) is 6.42 Å². The Labute approximate surface area is 163 Å². The van der Waals surface area contributed by atoms with Gasteiger partial charge in [0.25, 0.3) is 0 Å². The molecule has 0 N–H and O–H groups in total. The average Bonchev–Trinajstić information content (AvgIpc) is 2.67. The van der Waals surface area contributed by atoms with Crippen molar-refractivity contribution in [2.75, 3.05) is 0 Å². The minimum Gasteiger partial charge on any atom is -0.206 e. The number of allylic oxidation sites excluding steroid dienone is 2. The summed E-state index contributed by atoms with van der Waals surface area (Å²) in [7, 11) is 0. The lowest BCUT2D eigenvalue weighted by molar-refractivity contribution is 0.124. The van der Waals surface area contributed by atoms with Gasteiger partial charge in [0, 0.05) is 5.39 Å². The topological polar surface area (TPSA) is 0 Å². The van der Waals surface area contributed by atoms with Crippen LogP contribution in [0.1, 0.15) is 75.8 Å². The van der Waals surface area contributed by atoms with Crippen LogP contribution in [0.15, 0.2) is 42.5 Å². The van der Waals surface area contributed by atoms with Crippen LogP contribution in [0, 0.1) is 23.6 Å². The Bertz CT molecular complexity index is 818. The monoisotopic (exact) mass is 364 g/mol. The highest BCUT2D eigenvalue weighted by molar-refractivity contribution is 5.84. The van der Waals surface area contributed by atoms with Crippen molar-refractivity contribution >= 4 is 10.8 Å². The van der Waals surface area contributed by atoms with Crippen molar-refractivity contribution in [1.29, 1.82) is 0 Å². The second kappa shape index (κ2) is 8.17. The molecule has 2 fully saturated rings. The summed E-state index contributed by atoms with van der Waals surface area (Å²) in [5.74, 6) is 3.33. The van der Waals surface area contributed by atoms with Gasteiger partial charge in [0.2, 0.25) is 0 Å². The summed E-state index contributed by atoms with van der Waals surface area (Å²) >= 11 is 0. The number of benzene rings is 2. The van der Waals surface area contributed by atoms with Crippen molar-refractivity contribution < 1.29 is 4.39 Å². The zero-order valence-corrected chi connectivity index (χ0v) is 16.9. The first-order valence-electron chi connectivity index (χ1n) is 11.0. The van der Waals surface area contributed by atoms with Crippen LogP contribution in [0.25, 0.3) is 10.8 Å². The Hall–Kier alpha value is -1.63. The van der Waals surface area contributed by atoms with E-state index in [2.05, 4.69) is 43.3 Å². The van der Waals surface area contributed by atoms with Gasteiger partial charge in [0.15, 0.2) is 0 Å². The van der Waals surface area contributed by atoms with E-state index < -0.39 is 0 Å². The van der Waals surface area contributed by atoms with Crippen LogP contribution >= 0.6 is 0 Å². The molecule has 2 aliphatic carbocycles. The van der Waals surface area contributed by atoms with Crippen molar-refractivity contribution in [3.8, 4) is 0 Å². The smallest absolute Gasteiger partial charge is 0.131 e. The predicted molar refractivity (Wildman–Crippen MR) is 114 cm³/mol. The molecule has 0 spiro atoms. The highest BCUT2D eigenvalue weighted by Crippen LogP contribution is 2.47. The van der Waals surface area contributed by atoms with E-state index >= 15 is 0 Å². The van der Waals surface area contributed by atoms with Gasteiger partial charge in [-0.3, -0.25) is 0 Å². The molecular formula is C26H33F. The summed E-state index contributed by atoms with van der Waals surface area (Å²) in [6.45, 7) is 4.45. The number of aryl methyl sites for hydroxylation is 1. The summed E-state index contributed by atoms with van der Waals surface area (Å²) in [6, 6.07) is 10.5. The third-order valence-electron chi connectivity index (χ3n) is 7.17. The lowest BCUT2D eigenvalue weighted by Gasteiger charge is -2.41. The third kappa shape index (κ3) is 4.13. The molecule has 4 unspecified atom stereocenters. The lowest BCUT2D eigenvalue weighted by atomic mass is 9.64. The van der Waals surface area contributed by atoms with Crippen molar-refractivity contribution in [2.45, 2.75) is 71.1 Å². The molecule has 0 aliphatic heterocycles. The molecule has 2 saturated carbocycles. The molecule has 0 nitrogen and oxygen atoms in total. The lowest BCUT2D eigenvalue weighted by Crippen LogP contribution is -2.29. The van der Waals surface area contributed by atoms with Gasteiger partial charge in [0.1, 0.15) is 5.82 Å². The Morgan fingerprint density at radius 3 is 2.67 bits per heavy atom. The van der Waals surface area contributed by atoms with E-state index in [9.17, 15) is 4.39 Å². The Morgan fingerprint density at radius 1 is 1.00 bits per heavy atom. The third-order valence-corrected chi connectivity index (χ3v) is 7.17. The van der Waals surface area contributed by atoms with Crippen molar-refractivity contribution in [3.63, 3.8) is 0 Å². The van der Waals surface area contributed by atoms with Crippen LogP contribution in [0.5, 0.6) is 0 Å². The van der Waals surface area contributed by atoms with E-state index in [4.69, 9.17) is 0 Å². The fourth-order valence-corrected chi connectivity index (χ4v) is 5.63. The molecule has 4 rings (SSSR count). The molecule has 0 bridgehead atoms. The van der Waals surface area contributed by atoms with Gasteiger partial charge in [-0.05, 0) is 104 Å². The van der Waals surface area contributed by atoms with Gasteiger partial charge in [-0.1, -0.05) is 43.7 Å². The number of halogens is 1. The first-order valence-corrected chi connectivity index (χ1v) is 11.0. The van der Waals surface area contributed by atoms with Crippen molar-refractivity contribution in [1.82, 2.24) is 0 Å². The fourth-order valence-electron chi connectivity index (χ4n) is 5.63. The van der Waals surface area contributed by atoms with E-state index in [0.29, 0.717) is 5.92 Å². The van der Waals surface area contributed by atoms with Gasteiger partial charge in [-0.25, -0.2) is 4.39 Å². The Morgan fingerprint density at radius 2 is 1.81 bits per heavy atom. The molecule has 1 heteroatoms. The Kier molecular flexibility index (Phi) is 5.66. The van der Waals surface area contributed by atoms with E-state index in [-0.39, 0.29) is 5.82 Å². The zero-order chi connectivity index (χ0) is 18.8. The highest BCUT2D eigenvalue weighted by Gasteiger charge is 2.34. The summed E-state index contributed by atoms with van der Waals surface area (Å²) in [6.07, 6.45) is 14.3. The largest absolute Gasteiger partial charge is 0.206 e. The molecule has 0 heterocycles. The van der Waals surface area contributed by atoms with Crippen LogP contribution in [0.2, 0.25) is 0 Å². The summed E-state index contributed by atoms with van der Waals surface area (Å²) < 4.78 is 14.8. The van der Waals surface area contributed by atoms with Crippen LogP contribution < -0.4 is 0 Å². The summed E-state index contributed by atoms with van der Waals surface area (Å²) in [5, 5.41) is 1.86. The molecule has 2 aromatic carbocycles. The normalized spacial score (nSPS) is 28.6. The molecule has 2 aromatic rings. The minimum absolute atomic E-state index is 0.0509. The van der Waals surface area contributed by atoms with Gasteiger partial charge in [-0.2, -0.15) is 0 Å². The molecule has 0 saturated heterocycles.